The van der Waals surface area contributed by atoms with E-state index < -0.39 is 11.1 Å². The van der Waals surface area contributed by atoms with Crippen molar-refractivity contribution in [2.24, 2.45) is 5.73 Å². The van der Waals surface area contributed by atoms with Gasteiger partial charge in [0.05, 0.1) is 0 Å². The molecule has 13 heavy (non-hydrogen) atoms. The number of rotatable bonds is 3. The van der Waals surface area contributed by atoms with Gasteiger partial charge in [-0.25, -0.2) is 0 Å². The van der Waals surface area contributed by atoms with E-state index in [1.54, 1.807) is 6.07 Å². The molecule has 0 spiro atoms. The van der Waals surface area contributed by atoms with E-state index in [4.69, 9.17) is 5.73 Å². The molecule has 0 aliphatic heterocycles. The van der Waals surface area contributed by atoms with Crippen molar-refractivity contribution < 1.29 is 8.76 Å². The zero-order valence-corrected chi connectivity index (χ0v) is 9.23. The fourth-order valence-corrected chi connectivity index (χ4v) is 2.22. The smallest absolute Gasteiger partial charge is 0.0364 e. The van der Waals surface area contributed by atoms with Crippen molar-refractivity contribution in [3.8, 4) is 0 Å². The molecule has 1 atom stereocenters. The molecule has 0 fully saturated rings. The van der Waals surface area contributed by atoms with Crippen LogP contribution in [0, 0.1) is 0 Å². The third kappa shape index (κ3) is 3.19. The Morgan fingerprint density at radius 1 is 1.54 bits per heavy atom. The van der Waals surface area contributed by atoms with Crippen molar-refractivity contribution in [2.45, 2.75) is 12.3 Å². The molecule has 1 rings (SSSR count). The first kappa shape index (κ1) is 10.8. The third-order valence-electron chi connectivity index (χ3n) is 1.63. The molecule has 5 heteroatoms. The highest BCUT2D eigenvalue weighted by Gasteiger charge is 2.00. The van der Waals surface area contributed by atoms with Gasteiger partial charge in [-0.15, -0.1) is 0 Å². The highest BCUT2D eigenvalue weighted by atomic mass is 79.9. The van der Waals surface area contributed by atoms with Crippen LogP contribution in [0.1, 0.15) is 11.1 Å². The normalized spacial score (nSPS) is 12.8. The van der Waals surface area contributed by atoms with Gasteiger partial charge in [0.2, 0.25) is 0 Å². The Hall–Kier alpha value is -0.230. The van der Waals surface area contributed by atoms with E-state index >= 15 is 0 Å². The summed E-state index contributed by atoms with van der Waals surface area (Å²) in [5, 5.41) is 0. The Morgan fingerprint density at radius 2 is 2.23 bits per heavy atom. The quantitative estimate of drug-likeness (QED) is 0.835. The lowest BCUT2D eigenvalue weighted by atomic mass is 10.1. The molecule has 1 aromatic rings. The second kappa shape index (κ2) is 4.85. The summed E-state index contributed by atoms with van der Waals surface area (Å²) in [5.74, 6) is 0.0332. The lowest BCUT2D eigenvalue weighted by Gasteiger charge is -2.08. The molecule has 1 unspecified atom stereocenters. The van der Waals surface area contributed by atoms with Gasteiger partial charge in [0.25, 0.3) is 0 Å². The summed E-state index contributed by atoms with van der Waals surface area (Å²) in [7, 11) is 0. The van der Waals surface area contributed by atoms with E-state index in [1.165, 1.54) is 0 Å². The molecule has 0 saturated heterocycles. The molecular weight excluding hydrogens is 254 g/mol. The molecule has 2 N–H and O–H groups in total. The summed E-state index contributed by atoms with van der Waals surface area (Å²) in [6.07, 6.45) is 0. The molecule has 0 radical (unpaired) electrons. The van der Waals surface area contributed by atoms with E-state index in [0.29, 0.717) is 6.54 Å². The predicted molar refractivity (Wildman–Crippen MR) is 54.7 cm³/mol. The summed E-state index contributed by atoms with van der Waals surface area (Å²) in [4.78, 5) is 0. The topological polar surface area (TPSA) is 66.2 Å². The summed E-state index contributed by atoms with van der Waals surface area (Å²) >= 11 is 1.24. The van der Waals surface area contributed by atoms with Crippen LogP contribution in [-0.2, 0) is 23.4 Å². The number of benzene rings is 1. The molecular formula is C8H9BrNO2S-. The van der Waals surface area contributed by atoms with Crippen molar-refractivity contribution >= 4 is 27.0 Å². The Labute approximate surface area is 87.7 Å². The summed E-state index contributed by atoms with van der Waals surface area (Å²) in [5.41, 5.74) is 7.16. The highest BCUT2D eigenvalue weighted by molar-refractivity contribution is 9.10. The van der Waals surface area contributed by atoms with Gasteiger partial charge in [0, 0.05) is 16.8 Å². The van der Waals surface area contributed by atoms with Crippen LogP contribution in [-0.4, -0.2) is 8.76 Å². The first-order chi connectivity index (χ1) is 6.13. The Morgan fingerprint density at radius 3 is 2.69 bits per heavy atom. The SMILES string of the molecule is NCc1ccc(CS(=O)[O-])c(Br)c1. The minimum absolute atomic E-state index is 0.0332. The van der Waals surface area contributed by atoms with E-state index in [-0.39, 0.29) is 5.75 Å². The van der Waals surface area contributed by atoms with E-state index in [9.17, 15) is 8.76 Å². The Kier molecular flexibility index (Phi) is 4.05. The summed E-state index contributed by atoms with van der Waals surface area (Å²) in [6.45, 7) is 0.458. The Balaban J connectivity index is 2.91. The van der Waals surface area contributed by atoms with Gasteiger partial charge in [0.1, 0.15) is 0 Å². The minimum Gasteiger partial charge on any atom is -0.772 e. The standard InChI is InChI=1S/C8H10BrNO2S/c9-8-3-6(4-10)1-2-7(8)5-13(11)12/h1-3H,4-5,10H2,(H,11,12)/p-1. The molecule has 0 heterocycles. The maximum atomic E-state index is 10.4. The highest BCUT2D eigenvalue weighted by Crippen LogP contribution is 2.19. The zero-order chi connectivity index (χ0) is 9.84. The molecule has 72 valence electrons. The third-order valence-corrected chi connectivity index (χ3v) is 2.91. The van der Waals surface area contributed by atoms with Crippen LogP contribution in [0.2, 0.25) is 0 Å². The number of hydrogen-bond acceptors (Lipinski definition) is 3. The molecule has 0 saturated carbocycles. The number of nitrogens with two attached hydrogens (primary N) is 1. The second-order valence-corrected chi connectivity index (χ2v) is 4.33. The summed E-state index contributed by atoms with van der Waals surface area (Å²) < 4.78 is 21.7. The van der Waals surface area contributed by atoms with E-state index in [1.807, 2.05) is 12.1 Å². The second-order valence-electron chi connectivity index (χ2n) is 2.58. The average molecular weight is 263 g/mol. The van der Waals surface area contributed by atoms with Crippen LogP contribution >= 0.6 is 15.9 Å². The van der Waals surface area contributed by atoms with Gasteiger partial charge in [-0.3, -0.25) is 4.21 Å². The molecule has 1 aromatic carbocycles. The molecule has 0 amide bonds. The van der Waals surface area contributed by atoms with Gasteiger partial charge in [-0.2, -0.15) is 0 Å². The fourth-order valence-electron chi connectivity index (χ4n) is 0.962. The van der Waals surface area contributed by atoms with Crippen molar-refractivity contribution in [3.05, 3.63) is 33.8 Å². The summed E-state index contributed by atoms with van der Waals surface area (Å²) in [6, 6.07) is 5.43. The van der Waals surface area contributed by atoms with Crippen LogP contribution in [0.3, 0.4) is 0 Å². The number of hydrogen-bond donors (Lipinski definition) is 1. The van der Waals surface area contributed by atoms with Crippen LogP contribution in [0.15, 0.2) is 22.7 Å². The first-order valence-electron chi connectivity index (χ1n) is 3.66. The van der Waals surface area contributed by atoms with Crippen LogP contribution in [0.25, 0.3) is 0 Å². The maximum Gasteiger partial charge on any atom is 0.0364 e. The lowest BCUT2D eigenvalue weighted by Crippen LogP contribution is -1.99. The molecule has 0 aromatic heterocycles. The number of halogens is 1. The lowest BCUT2D eigenvalue weighted by molar-refractivity contribution is 0.536. The molecule has 0 aliphatic rings. The van der Waals surface area contributed by atoms with E-state index in [2.05, 4.69) is 15.9 Å². The van der Waals surface area contributed by atoms with Gasteiger partial charge in [-0.1, -0.05) is 39.1 Å². The molecule has 3 nitrogen and oxygen atoms in total. The van der Waals surface area contributed by atoms with Gasteiger partial charge >= 0.3 is 0 Å². The predicted octanol–water partition coefficient (Wildman–Crippen LogP) is 1.29. The van der Waals surface area contributed by atoms with Crippen molar-refractivity contribution in [2.75, 3.05) is 0 Å². The van der Waals surface area contributed by atoms with Crippen molar-refractivity contribution in [1.82, 2.24) is 0 Å². The largest absolute Gasteiger partial charge is 0.772 e. The maximum absolute atomic E-state index is 10.4. The molecule has 0 bridgehead atoms. The average Bonchev–Trinajstić information content (AvgIpc) is 2.08. The fraction of sp³-hybridized carbons (Fsp3) is 0.250. The van der Waals surface area contributed by atoms with Crippen LogP contribution in [0.4, 0.5) is 0 Å². The first-order valence-corrected chi connectivity index (χ1v) is 5.70. The van der Waals surface area contributed by atoms with Gasteiger partial charge in [0.15, 0.2) is 0 Å². The van der Waals surface area contributed by atoms with E-state index in [0.717, 1.165) is 15.6 Å². The van der Waals surface area contributed by atoms with Crippen molar-refractivity contribution in [3.63, 3.8) is 0 Å². The van der Waals surface area contributed by atoms with Crippen molar-refractivity contribution in [1.29, 1.82) is 0 Å². The molecule has 0 aliphatic carbocycles. The van der Waals surface area contributed by atoms with Gasteiger partial charge < -0.3 is 10.3 Å². The zero-order valence-electron chi connectivity index (χ0n) is 6.83. The van der Waals surface area contributed by atoms with Crippen LogP contribution < -0.4 is 5.73 Å². The minimum atomic E-state index is -2.05. The van der Waals surface area contributed by atoms with Crippen LogP contribution in [0.5, 0.6) is 0 Å². The Bertz CT molecular complexity index is 330. The van der Waals surface area contributed by atoms with Gasteiger partial charge in [-0.05, 0) is 17.2 Å². The monoisotopic (exact) mass is 262 g/mol.